The fourth-order valence-electron chi connectivity index (χ4n) is 4.79. The number of nitrogens with zero attached hydrogens (tertiary/aromatic N) is 2. The molecule has 2 aliphatic heterocycles. The fraction of sp³-hybridized carbons (Fsp3) is 0.571. The highest BCUT2D eigenvalue weighted by molar-refractivity contribution is 6.31. The zero-order chi connectivity index (χ0) is 27.1. The topological polar surface area (TPSA) is 115 Å². The number of benzene rings is 2. The number of hydrogen-bond acceptors (Lipinski definition) is 9. The van der Waals surface area contributed by atoms with Gasteiger partial charge >= 0.3 is 0 Å². The predicted octanol–water partition coefficient (Wildman–Crippen LogP) is 1.09. The Balaban J connectivity index is 1.25. The molecule has 10 heteroatoms. The van der Waals surface area contributed by atoms with Gasteiger partial charge in [0.1, 0.15) is 42.9 Å². The van der Waals surface area contributed by atoms with E-state index in [0.717, 1.165) is 49.6 Å². The quantitative estimate of drug-likeness (QED) is 0.305. The van der Waals surface area contributed by atoms with E-state index in [1.54, 1.807) is 12.1 Å². The highest BCUT2D eigenvalue weighted by atomic mass is 35.5. The van der Waals surface area contributed by atoms with Gasteiger partial charge in [0.15, 0.2) is 0 Å². The van der Waals surface area contributed by atoms with Gasteiger partial charge < -0.3 is 39.5 Å². The summed E-state index contributed by atoms with van der Waals surface area (Å²) < 4.78 is 17.2. The highest BCUT2D eigenvalue weighted by Crippen LogP contribution is 2.34. The van der Waals surface area contributed by atoms with Gasteiger partial charge in [0, 0.05) is 37.7 Å². The lowest BCUT2D eigenvalue weighted by Gasteiger charge is -2.40. The Morgan fingerprint density at radius 1 is 0.921 bits per heavy atom. The van der Waals surface area contributed by atoms with Crippen molar-refractivity contribution in [1.82, 2.24) is 9.80 Å². The molecule has 0 saturated carbocycles. The molecule has 5 atom stereocenters. The van der Waals surface area contributed by atoms with E-state index in [-0.39, 0.29) is 0 Å². The van der Waals surface area contributed by atoms with Crippen LogP contribution in [0.2, 0.25) is 5.02 Å². The number of piperazine rings is 1. The van der Waals surface area contributed by atoms with E-state index in [4.69, 9.17) is 25.8 Å². The summed E-state index contributed by atoms with van der Waals surface area (Å²) in [5.41, 5.74) is 2.45. The van der Waals surface area contributed by atoms with Gasteiger partial charge in [-0.3, -0.25) is 4.90 Å². The first-order valence-corrected chi connectivity index (χ1v) is 13.5. The summed E-state index contributed by atoms with van der Waals surface area (Å²) in [6, 6.07) is 13.0. The number of ether oxygens (including phenoxy) is 3. The maximum absolute atomic E-state index is 10.5. The lowest BCUT2D eigenvalue weighted by atomic mass is 9.90. The van der Waals surface area contributed by atoms with Crippen LogP contribution in [-0.2, 0) is 15.9 Å². The van der Waals surface area contributed by atoms with Gasteiger partial charge in [-0.25, -0.2) is 0 Å². The number of aliphatic hydroxyl groups excluding tert-OH is 4. The Labute approximate surface area is 229 Å². The fourth-order valence-corrected chi connectivity index (χ4v) is 4.98. The monoisotopic (exact) mass is 550 g/mol. The molecule has 210 valence electrons. The van der Waals surface area contributed by atoms with Crippen molar-refractivity contribution >= 4 is 11.6 Å². The van der Waals surface area contributed by atoms with Crippen LogP contribution in [0, 0.1) is 0 Å². The molecule has 4 rings (SSSR count). The summed E-state index contributed by atoms with van der Waals surface area (Å²) in [4.78, 5) is 4.76. The SMILES string of the molecule is CN1CCN(CCOCCOc2ccc(Cc3cc([C@@H]4O[C@H](CO)[C@@H](O)[C@H](O)[C@H]4O)ccc3Cl)cc2)CC1. The van der Waals surface area contributed by atoms with E-state index in [9.17, 15) is 20.4 Å². The van der Waals surface area contributed by atoms with Gasteiger partial charge in [-0.2, -0.15) is 0 Å². The van der Waals surface area contributed by atoms with Crippen molar-refractivity contribution in [1.29, 1.82) is 0 Å². The van der Waals surface area contributed by atoms with Crippen molar-refractivity contribution in [3.63, 3.8) is 0 Å². The molecule has 9 nitrogen and oxygen atoms in total. The molecule has 0 aromatic heterocycles. The smallest absolute Gasteiger partial charge is 0.119 e. The van der Waals surface area contributed by atoms with Crippen LogP contribution in [0.3, 0.4) is 0 Å². The molecular weight excluding hydrogens is 512 g/mol. The van der Waals surface area contributed by atoms with E-state index in [0.29, 0.717) is 36.8 Å². The molecule has 0 amide bonds. The van der Waals surface area contributed by atoms with Crippen molar-refractivity contribution in [3.05, 3.63) is 64.2 Å². The number of aliphatic hydroxyl groups is 4. The van der Waals surface area contributed by atoms with Crippen LogP contribution < -0.4 is 4.74 Å². The Morgan fingerprint density at radius 2 is 1.66 bits per heavy atom. The van der Waals surface area contributed by atoms with Crippen LogP contribution in [0.5, 0.6) is 5.75 Å². The van der Waals surface area contributed by atoms with Gasteiger partial charge in [0.25, 0.3) is 0 Å². The predicted molar refractivity (Wildman–Crippen MR) is 144 cm³/mol. The average molecular weight is 551 g/mol. The summed E-state index contributed by atoms with van der Waals surface area (Å²) >= 11 is 6.45. The minimum absolute atomic E-state index is 0.473. The van der Waals surface area contributed by atoms with Crippen LogP contribution in [0.15, 0.2) is 42.5 Å². The molecule has 2 saturated heterocycles. The van der Waals surface area contributed by atoms with Gasteiger partial charge in [0.05, 0.1) is 19.8 Å². The molecule has 0 spiro atoms. The summed E-state index contributed by atoms with van der Waals surface area (Å²) in [5.74, 6) is 0.762. The number of rotatable bonds is 11. The van der Waals surface area contributed by atoms with Crippen molar-refractivity contribution in [2.24, 2.45) is 0 Å². The van der Waals surface area contributed by atoms with E-state index in [1.165, 1.54) is 0 Å². The molecule has 0 bridgehead atoms. The molecule has 2 heterocycles. The molecule has 0 radical (unpaired) electrons. The number of halogens is 1. The van der Waals surface area contributed by atoms with E-state index in [1.807, 2.05) is 30.3 Å². The summed E-state index contributed by atoms with van der Waals surface area (Å²) in [6.45, 7) is 6.59. The van der Waals surface area contributed by atoms with E-state index < -0.39 is 37.1 Å². The first kappa shape index (κ1) is 29.2. The Morgan fingerprint density at radius 3 is 2.37 bits per heavy atom. The van der Waals surface area contributed by atoms with Crippen LogP contribution in [0.1, 0.15) is 22.8 Å². The molecule has 2 aromatic carbocycles. The van der Waals surface area contributed by atoms with E-state index >= 15 is 0 Å². The molecule has 2 fully saturated rings. The number of hydrogen-bond donors (Lipinski definition) is 4. The Bertz CT molecular complexity index is 1000. The maximum Gasteiger partial charge on any atom is 0.119 e. The molecule has 38 heavy (non-hydrogen) atoms. The summed E-state index contributed by atoms with van der Waals surface area (Å²) in [6.07, 6.45) is -5.49. The average Bonchev–Trinajstić information content (AvgIpc) is 2.93. The first-order chi connectivity index (χ1) is 18.4. The molecule has 2 aromatic rings. The maximum atomic E-state index is 10.5. The third-order valence-corrected chi connectivity index (χ3v) is 7.62. The minimum Gasteiger partial charge on any atom is -0.491 e. The van der Waals surface area contributed by atoms with Gasteiger partial charge in [-0.05, 0) is 48.4 Å². The van der Waals surface area contributed by atoms with E-state index in [2.05, 4.69) is 16.8 Å². The molecule has 2 aliphatic rings. The first-order valence-electron chi connectivity index (χ1n) is 13.1. The zero-order valence-corrected chi connectivity index (χ0v) is 22.5. The zero-order valence-electron chi connectivity index (χ0n) is 21.8. The molecular formula is C28H39ClN2O7. The molecule has 0 aliphatic carbocycles. The largest absolute Gasteiger partial charge is 0.491 e. The normalized spacial score (nSPS) is 26.9. The van der Waals surface area contributed by atoms with Crippen LogP contribution in [0.25, 0.3) is 0 Å². The van der Waals surface area contributed by atoms with Gasteiger partial charge in [-0.1, -0.05) is 35.9 Å². The molecule has 4 N–H and O–H groups in total. The Hall–Kier alpha value is -1.79. The second kappa shape index (κ2) is 14.0. The van der Waals surface area contributed by atoms with Crippen LogP contribution >= 0.6 is 11.6 Å². The van der Waals surface area contributed by atoms with Crippen molar-refractivity contribution < 1.29 is 34.6 Å². The van der Waals surface area contributed by atoms with Crippen molar-refractivity contribution in [2.45, 2.75) is 36.9 Å². The second-order valence-electron chi connectivity index (χ2n) is 10.0. The summed E-state index contributed by atoms with van der Waals surface area (Å²) in [7, 11) is 2.15. The lowest BCUT2D eigenvalue weighted by Crippen LogP contribution is -2.55. The molecule has 0 unspecified atom stereocenters. The standard InChI is InChI=1S/C28H39ClN2O7/c1-30-8-10-31(11-9-30)12-13-36-14-15-37-22-5-2-19(3-6-22)16-21-17-20(4-7-23(21)29)28-27(35)26(34)25(33)24(18-32)38-28/h2-7,17,24-28,32-35H,8-16,18H2,1H3/t24-,25-,26+,27-,28+/m1/s1. The van der Waals surface area contributed by atoms with Gasteiger partial charge in [0.2, 0.25) is 0 Å². The number of likely N-dealkylation sites (N-methyl/N-ethyl adjacent to an activating group) is 1. The van der Waals surface area contributed by atoms with Gasteiger partial charge in [-0.15, -0.1) is 0 Å². The second-order valence-corrected chi connectivity index (χ2v) is 10.4. The Kier molecular flexibility index (Phi) is 10.8. The highest BCUT2D eigenvalue weighted by Gasteiger charge is 2.44. The lowest BCUT2D eigenvalue weighted by molar-refractivity contribution is -0.231. The third-order valence-electron chi connectivity index (χ3n) is 7.25. The third kappa shape index (κ3) is 7.65. The minimum atomic E-state index is -1.43. The van der Waals surface area contributed by atoms with Crippen molar-refractivity contribution in [3.8, 4) is 5.75 Å². The summed E-state index contributed by atoms with van der Waals surface area (Å²) in [5, 5.41) is 40.7. The van der Waals surface area contributed by atoms with Crippen LogP contribution in [0.4, 0.5) is 0 Å². The van der Waals surface area contributed by atoms with Crippen molar-refractivity contribution in [2.75, 3.05) is 66.2 Å². The van der Waals surface area contributed by atoms with Crippen LogP contribution in [-0.4, -0.2) is 121 Å².